The van der Waals surface area contributed by atoms with Gasteiger partial charge in [0.15, 0.2) is 0 Å². The number of hydrogen-bond donors (Lipinski definition) is 2. The van der Waals surface area contributed by atoms with Crippen LogP contribution in [0.15, 0.2) is 30.3 Å². The third-order valence-corrected chi connectivity index (χ3v) is 4.56. The second-order valence-corrected chi connectivity index (χ2v) is 6.54. The Kier molecular flexibility index (Phi) is 6.21. The number of nitrogens with zero attached hydrogens (tertiary/aromatic N) is 1. The molecule has 2 rings (SSSR count). The van der Waals surface area contributed by atoms with E-state index in [1.807, 2.05) is 12.1 Å². The zero-order chi connectivity index (χ0) is 17.7. The molecule has 0 aliphatic heterocycles. The summed E-state index contributed by atoms with van der Waals surface area (Å²) in [6.07, 6.45) is 0.965. The lowest BCUT2D eigenvalue weighted by molar-refractivity contribution is 0.411. The molecule has 3 N–H and O–H groups in total. The molecule has 4 heteroatoms. The molecule has 0 saturated heterocycles. The minimum atomic E-state index is 0.468. The van der Waals surface area contributed by atoms with Crippen molar-refractivity contribution in [2.75, 3.05) is 12.8 Å². The van der Waals surface area contributed by atoms with Crippen LogP contribution in [0.1, 0.15) is 38.8 Å². The number of rotatable bonds is 7. The third kappa shape index (κ3) is 4.26. The molecule has 1 unspecified atom stereocenters. The summed E-state index contributed by atoms with van der Waals surface area (Å²) in [6.45, 7) is 9.69. The smallest absolute Gasteiger partial charge is 0.128 e. The number of hydrogen-bond acceptors (Lipinski definition) is 4. The lowest BCUT2D eigenvalue weighted by Crippen LogP contribution is -2.30. The van der Waals surface area contributed by atoms with Gasteiger partial charge in [0.2, 0.25) is 0 Å². The number of anilines is 1. The molecule has 0 radical (unpaired) electrons. The summed E-state index contributed by atoms with van der Waals surface area (Å²) in [6, 6.07) is 10.4. The van der Waals surface area contributed by atoms with Crippen molar-refractivity contribution in [1.29, 1.82) is 0 Å². The molecule has 0 aliphatic rings. The lowest BCUT2D eigenvalue weighted by Gasteiger charge is -2.20. The van der Waals surface area contributed by atoms with Gasteiger partial charge in [-0.3, -0.25) is 0 Å². The van der Waals surface area contributed by atoms with Gasteiger partial charge in [0.25, 0.3) is 0 Å². The first-order valence-corrected chi connectivity index (χ1v) is 8.62. The monoisotopic (exact) mass is 327 g/mol. The summed E-state index contributed by atoms with van der Waals surface area (Å²) in [7, 11) is 1.70. The maximum absolute atomic E-state index is 5.84. The van der Waals surface area contributed by atoms with Crippen LogP contribution in [0.25, 0.3) is 11.3 Å². The van der Waals surface area contributed by atoms with Crippen molar-refractivity contribution in [2.24, 2.45) is 5.92 Å². The number of ether oxygens (including phenoxy) is 1. The molecule has 1 atom stereocenters. The Balaban J connectivity index is 2.38. The number of nitrogens with one attached hydrogen (secondary N) is 1. The van der Waals surface area contributed by atoms with E-state index in [1.165, 1.54) is 11.1 Å². The number of pyridine rings is 1. The van der Waals surface area contributed by atoms with Gasteiger partial charge in [-0.15, -0.1) is 0 Å². The molecule has 0 aliphatic carbocycles. The van der Waals surface area contributed by atoms with Crippen molar-refractivity contribution in [1.82, 2.24) is 10.3 Å². The lowest BCUT2D eigenvalue weighted by atomic mass is 9.98. The highest BCUT2D eigenvalue weighted by atomic mass is 16.5. The fourth-order valence-corrected chi connectivity index (χ4v) is 2.64. The third-order valence-electron chi connectivity index (χ3n) is 4.56. The molecule has 2 aromatic rings. The van der Waals surface area contributed by atoms with Gasteiger partial charge >= 0.3 is 0 Å². The van der Waals surface area contributed by atoms with E-state index in [0.717, 1.165) is 30.0 Å². The van der Waals surface area contributed by atoms with E-state index in [2.05, 4.69) is 50.1 Å². The van der Waals surface area contributed by atoms with Crippen molar-refractivity contribution in [3.63, 3.8) is 0 Å². The van der Waals surface area contributed by atoms with Crippen LogP contribution in [0.5, 0.6) is 5.75 Å². The van der Waals surface area contributed by atoms with Gasteiger partial charge in [-0.05, 0) is 54.7 Å². The van der Waals surface area contributed by atoms with Crippen LogP contribution in [0.4, 0.5) is 5.82 Å². The van der Waals surface area contributed by atoms with Gasteiger partial charge in [0.05, 0.1) is 12.8 Å². The highest BCUT2D eigenvalue weighted by Gasteiger charge is 2.14. The molecule has 0 saturated carbocycles. The second-order valence-electron chi connectivity index (χ2n) is 6.54. The number of methoxy groups -OCH3 is 1. The van der Waals surface area contributed by atoms with Crippen molar-refractivity contribution >= 4 is 5.82 Å². The normalized spacial score (nSPS) is 12.4. The number of aromatic nitrogens is 1. The minimum Gasteiger partial charge on any atom is -0.496 e. The average Bonchev–Trinajstić information content (AvgIpc) is 2.58. The summed E-state index contributed by atoms with van der Waals surface area (Å²) in [5, 5.41) is 3.60. The maximum atomic E-state index is 5.84. The summed E-state index contributed by atoms with van der Waals surface area (Å²) in [5.74, 6) is 1.95. The van der Waals surface area contributed by atoms with Gasteiger partial charge in [-0.25, -0.2) is 4.98 Å². The van der Waals surface area contributed by atoms with Gasteiger partial charge < -0.3 is 15.8 Å². The van der Waals surface area contributed by atoms with Crippen LogP contribution in [-0.2, 0) is 13.0 Å². The number of benzene rings is 1. The molecule has 24 heavy (non-hydrogen) atoms. The van der Waals surface area contributed by atoms with Crippen molar-refractivity contribution in [2.45, 2.75) is 46.7 Å². The topological polar surface area (TPSA) is 60.2 Å². The first kappa shape index (κ1) is 18.3. The van der Waals surface area contributed by atoms with Gasteiger partial charge in [-0.1, -0.05) is 26.8 Å². The van der Waals surface area contributed by atoms with Crippen LogP contribution in [0.2, 0.25) is 0 Å². The van der Waals surface area contributed by atoms with Crippen molar-refractivity contribution in [3.8, 4) is 17.0 Å². The summed E-state index contributed by atoms with van der Waals surface area (Å²) >= 11 is 0. The van der Waals surface area contributed by atoms with E-state index in [4.69, 9.17) is 10.5 Å². The van der Waals surface area contributed by atoms with E-state index in [0.29, 0.717) is 17.8 Å². The quantitative estimate of drug-likeness (QED) is 0.806. The van der Waals surface area contributed by atoms with Gasteiger partial charge in [0.1, 0.15) is 11.6 Å². The maximum Gasteiger partial charge on any atom is 0.128 e. The van der Waals surface area contributed by atoms with Crippen LogP contribution in [-0.4, -0.2) is 18.1 Å². The molecule has 0 fully saturated rings. The first-order chi connectivity index (χ1) is 11.5. The van der Waals surface area contributed by atoms with Crippen LogP contribution in [0, 0.1) is 5.92 Å². The van der Waals surface area contributed by atoms with Gasteiger partial charge in [0, 0.05) is 18.2 Å². The summed E-state index contributed by atoms with van der Waals surface area (Å²) < 4.78 is 5.63. The fourth-order valence-electron chi connectivity index (χ4n) is 2.64. The molecule has 4 nitrogen and oxygen atoms in total. The molecule has 1 aromatic heterocycles. The second kappa shape index (κ2) is 8.15. The van der Waals surface area contributed by atoms with Gasteiger partial charge in [-0.2, -0.15) is 0 Å². The van der Waals surface area contributed by atoms with E-state index < -0.39 is 0 Å². The van der Waals surface area contributed by atoms with Crippen LogP contribution < -0.4 is 15.8 Å². The zero-order valence-corrected chi connectivity index (χ0v) is 15.4. The number of nitrogens with two attached hydrogens (primary N) is 1. The van der Waals surface area contributed by atoms with Crippen LogP contribution >= 0.6 is 0 Å². The van der Waals surface area contributed by atoms with E-state index in [1.54, 1.807) is 13.2 Å². The molecule has 0 amide bonds. The number of nitrogen functional groups attached to an aromatic ring is 1. The Morgan fingerprint density at radius 3 is 2.50 bits per heavy atom. The van der Waals surface area contributed by atoms with E-state index >= 15 is 0 Å². The molecular formula is C20H29N3O. The Hall–Kier alpha value is -2.07. The van der Waals surface area contributed by atoms with Crippen molar-refractivity contribution in [3.05, 3.63) is 41.5 Å². The van der Waals surface area contributed by atoms with Crippen LogP contribution in [0.3, 0.4) is 0 Å². The highest BCUT2D eigenvalue weighted by Crippen LogP contribution is 2.32. The molecular weight excluding hydrogens is 298 g/mol. The molecule has 1 aromatic carbocycles. The Morgan fingerprint density at radius 2 is 1.92 bits per heavy atom. The van der Waals surface area contributed by atoms with E-state index in [9.17, 15) is 0 Å². The largest absolute Gasteiger partial charge is 0.496 e. The van der Waals surface area contributed by atoms with Crippen molar-refractivity contribution < 1.29 is 4.74 Å². The molecule has 1 heterocycles. The summed E-state index contributed by atoms with van der Waals surface area (Å²) in [5.41, 5.74) is 10.2. The predicted molar refractivity (Wildman–Crippen MR) is 101 cm³/mol. The summed E-state index contributed by atoms with van der Waals surface area (Å²) in [4.78, 5) is 4.44. The Labute approximate surface area is 145 Å². The molecule has 0 spiro atoms. The Bertz CT molecular complexity index is 683. The average molecular weight is 327 g/mol. The Morgan fingerprint density at radius 1 is 1.17 bits per heavy atom. The first-order valence-electron chi connectivity index (χ1n) is 8.62. The standard InChI is InChI=1S/C20H29N3O/c1-6-15-10-17(18-8-7-9-20(21)23-18)19(24-5)11-16(15)12-22-14(4)13(2)3/h7-11,13-14,22H,6,12H2,1-5H3,(H2,21,23). The zero-order valence-electron chi connectivity index (χ0n) is 15.4. The SMILES string of the molecule is CCc1cc(-c2cccc(N)n2)c(OC)cc1CNC(C)C(C)C. The fraction of sp³-hybridized carbons (Fsp3) is 0.450. The number of aryl methyl sites for hydroxylation is 1. The minimum absolute atomic E-state index is 0.468. The highest BCUT2D eigenvalue weighted by molar-refractivity contribution is 5.70. The predicted octanol–water partition coefficient (Wildman–Crippen LogP) is 4.04. The molecule has 0 bridgehead atoms. The molecule has 130 valence electrons. The van der Waals surface area contributed by atoms with E-state index in [-0.39, 0.29) is 0 Å².